The van der Waals surface area contributed by atoms with Gasteiger partial charge in [0.05, 0.1) is 11.3 Å². The molecule has 0 fully saturated rings. The van der Waals surface area contributed by atoms with Crippen LogP contribution in [0.4, 0.5) is 5.69 Å². The first-order chi connectivity index (χ1) is 13.4. The highest BCUT2D eigenvalue weighted by Gasteiger charge is 2.19. The van der Waals surface area contributed by atoms with Crippen molar-refractivity contribution in [3.8, 4) is 0 Å². The third-order valence-electron chi connectivity index (χ3n) is 4.27. The van der Waals surface area contributed by atoms with E-state index in [-0.39, 0.29) is 18.6 Å². The molecule has 28 heavy (non-hydrogen) atoms. The van der Waals surface area contributed by atoms with Gasteiger partial charge in [-0.05, 0) is 48.9 Å². The van der Waals surface area contributed by atoms with Crippen molar-refractivity contribution in [1.29, 1.82) is 0 Å². The molecule has 6 heteroatoms. The number of hydrogen-bond donors (Lipinski definition) is 1. The number of Topliss-reactive ketones (excluding diaryl/α,β-unsaturated/α-hetero) is 1. The summed E-state index contributed by atoms with van der Waals surface area (Å²) in [5, 5.41) is 4.83. The number of amides is 1. The third kappa shape index (κ3) is 5.04. The van der Waals surface area contributed by atoms with Gasteiger partial charge >= 0.3 is 5.97 Å². The van der Waals surface area contributed by atoms with Crippen LogP contribution < -0.4 is 5.32 Å². The van der Waals surface area contributed by atoms with E-state index in [1.165, 1.54) is 18.3 Å². The number of fused-ring (bicyclic) bond motifs is 1. The predicted molar refractivity (Wildman–Crippen MR) is 111 cm³/mol. The lowest BCUT2D eigenvalue weighted by molar-refractivity contribution is -0.153. The van der Waals surface area contributed by atoms with Gasteiger partial charge in [-0.1, -0.05) is 30.3 Å². The summed E-state index contributed by atoms with van der Waals surface area (Å²) < 4.78 is 5.16. The van der Waals surface area contributed by atoms with E-state index < -0.39 is 18.0 Å². The average molecular weight is 395 g/mol. The summed E-state index contributed by atoms with van der Waals surface area (Å²) in [4.78, 5) is 38.0. The minimum absolute atomic E-state index is 0.0522. The number of benzene rings is 2. The summed E-state index contributed by atoms with van der Waals surface area (Å²) in [6.45, 7) is 3.43. The van der Waals surface area contributed by atoms with Gasteiger partial charge in [0.15, 0.2) is 11.9 Å². The van der Waals surface area contributed by atoms with Gasteiger partial charge < -0.3 is 10.1 Å². The lowest BCUT2D eigenvalue weighted by Gasteiger charge is -2.14. The number of ketones is 1. The molecule has 1 aromatic heterocycles. The second kappa shape index (κ2) is 8.80. The lowest BCUT2D eigenvalue weighted by atomic mass is 10.1. The molecular formula is C22H21NO4S. The van der Waals surface area contributed by atoms with Gasteiger partial charge in [0.2, 0.25) is 0 Å². The van der Waals surface area contributed by atoms with Crippen LogP contribution in [0.5, 0.6) is 0 Å². The van der Waals surface area contributed by atoms with Crippen LogP contribution in [0.1, 0.15) is 34.3 Å². The first kappa shape index (κ1) is 19.8. The molecule has 0 aliphatic rings. The number of esters is 1. The van der Waals surface area contributed by atoms with Crippen LogP contribution in [0, 0.1) is 6.92 Å². The van der Waals surface area contributed by atoms with Crippen LogP contribution in [-0.4, -0.2) is 23.8 Å². The molecule has 3 aromatic rings. The van der Waals surface area contributed by atoms with E-state index in [1.54, 1.807) is 12.1 Å². The Kier molecular flexibility index (Phi) is 6.21. The van der Waals surface area contributed by atoms with Crippen molar-refractivity contribution in [3.63, 3.8) is 0 Å². The number of rotatable bonds is 7. The maximum atomic E-state index is 12.3. The highest BCUT2D eigenvalue weighted by Crippen LogP contribution is 2.20. The molecule has 1 N–H and O–H groups in total. The Morgan fingerprint density at radius 2 is 1.75 bits per heavy atom. The SMILES string of the molecule is Cc1ccc(C(=O)CCC(=O)OC(C)C(=O)Nc2ccc3ccccc3c2)s1. The Balaban J connectivity index is 1.50. The fourth-order valence-electron chi connectivity index (χ4n) is 2.74. The van der Waals surface area contributed by atoms with E-state index in [1.807, 2.05) is 49.4 Å². The molecule has 0 saturated heterocycles. The Hall–Kier alpha value is -2.99. The molecule has 0 spiro atoms. The van der Waals surface area contributed by atoms with Crippen molar-refractivity contribution in [2.45, 2.75) is 32.8 Å². The minimum atomic E-state index is -0.946. The van der Waals surface area contributed by atoms with Crippen molar-refractivity contribution in [2.24, 2.45) is 0 Å². The normalized spacial score (nSPS) is 11.8. The fraction of sp³-hybridized carbons (Fsp3) is 0.227. The summed E-state index contributed by atoms with van der Waals surface area (Å²) >= 11 is 1.40. The highest BCUT2D eigenvalue weighted by molar-refractivity contribution is 7.14. The Labute approximate surface area is 167 Å². The van der Waals surface area contributed by atoms with Crippen LogP contribution in [0.3, 0.4) is 0 Å². The Morgan fingerprint density at radius 3 is 2.46 bits per heavy atom. The van der Waals surface area contributed by atoms with Gasteiger partial charge in [0, 0.05) is 17.0 Å². The summed E-state index contributed by atoms with van der Waals surface area (Å²) in [5.41, 5.74) is 0.634. The van der Waals surface area contributed by atoms with Crippen LogP contribution >= 0.6 is 11.3 Å². The van der Waals surface area contributed by atoms with E-state index in [0.717, 1.165) is 15.6 Å². The van der Waals surface area contributed by atoms with Gasteiger partial charge in [-0.3, -0.25) is 14.4 Å². The predicted octanol–water partition coefficient (Wildman–Crippen LogP) is 4.74. The number of carbonyl (C=O) groups excluding carboxylic acids is 3. The molecule has 0 bridgehead atoms. The van der Waals surface area contributed by atoms with Crippen molar-refractivity contribution in [2.75, 3.05) is 5.32 Å². The first-order valence-corrected chi connectivity index (χ1v) is 9.83. The second-order valence-electron chi connectivity index (χ2n) is 6.52. The van der Waals surface area contributed by atoms with E-state index in [0.29, 0.717) is 10.6 Å². The summed E-state index contributed by atoms with van der Waals surface area (Å²) in [6, 6.07) is 17.0. The zero-order valence-electron chi connectivity index (χ0n) is 15.7. The maximum absolute atomic E-state index is 12.3. The molecule has 1 heterocycles. The zero-order valence-corrected chi connectivity index (χ0v) is 16.5. The third-order valence-corrected chi connectivity index (χ3v) is 5.31. The molecule has 144 valence electrons. The quantitative estimate of drug-likeness (QED) is 0.463. The molecule has 0 aliphatic heterocycles. The molecule has 0 radical (unpaired) electrons. The fourth-order valence-corrected chi connectivity index (χ4v) is 3.58. The number of ether oxygens (including phenoxy) is 1. The largest absolute Gasteiger partial charge is 0.453 e. The van der Waals surface area contributed by atoms with E-state index in [2.05, 4.69) is 5.32 Å². The molecule has 3 rings (SSSR count). The number of anilines is 1. The zero-order chi connectivity index (χ0) is 20.1. The topological polar surface area (TPSA) is 72.5 Å². The first-order valence-electron chi connectivity index (χ1n) is 9.01. The Morgan fingerprint density at radius 1 is 1.00 bits per heavy atom. The average Bonchev–Trinajstić information content (AvgIpc) is 3.12. The molecule has 1 unspecified atom stereocenters. The molecule has 1 atom stereocenters. The van der Waals surface area contributed by atoms with Gasteiger partial charge in [-0.25, -0.2) is 0 Å². The van der Waals surface area contributed by atoms with Crippen molar-refractivity contribution in [1.82, 2.24) is 0 Å². The standard InChI is InChI=1S/C22H21NO4S/c1-14-7-11-20(28-14)19(24)10-12-21(25)27-15(2)22(26)23-18-9-8-16-5-3-4-6-17(16)13-18/h3-9,11,13,15H,10,12H2,1-2H3,(H,23,26). The number of aryl methyl sites for hydroxylation is 1. The van der Waals surface area contributed by atoms with Crippen molar-refractivity contribution < 1.29 is 19.1 Å². The smallest absolute Gasteiger partial charge is 0.307 e. The molecule has 0 saturated carbocycles. The summed E-state index contributed by atoms with van der Waals surface area (Å²) in [6.07, 6.45) is -0.931. The Bertz CT molecular complexity index is 1020. The molecule has 2 aromatic carbocycles. The van der Waals surface area contributed by atoms with Gasteiger partial charge in [-0.15, -0.1) is 11.3 Å². The van der Waals surface area contributed by atoms with Gasteiger partial charge in [0.25, 0.3) is 5.91 Å². The van der Waals surface area contributed by atoms with Crippen molar-refractivity contribution >= 4 is 45.5 Å². The molecular weight excluding hydrogens is 374 g/mol. The van der Waals surface area contributed by atoms with Gasteiger partial charge in [-0.2, -0.15) is 0 Å². The number of hydrogen-bond acceptors (Lipinski definition) is 5. The second-order valence-corrected chi connectivity index (χ2v) is 7.80. The number of thiophene rings is 1. The maximum Gasteiger partial charge on any atom is 0.307 e. The lowest BCUT2D eigenvalue weighted by Crippen LogP contribution is -2.30. The summed E-state index contributed by atoms with van der Waals surface area (Å²) in [7, 11) is 0. The molecule has 1 amide bonds. The van der Waals surface area contributed by atoms with Crippen molar-refractivity contribution in [3.05, 3.63) is 64.4 Å². The number of nitrogens with one attached hydrogen (secondary N) is 1. The number of carbonyl (C=O) groups is 3. The molecule has 5 nitrogen and oxygen atoms in total. The van der Waals surface area contributed by atoms with Crippen LogP contribution in [0.25, 0.3) is 10.8 Å². The summed E-state index contributed by atoms with van der Waals surface area (Å²) in [5.74, 6) is -1.07. The van der Waals surface area contributed by atoms with E-state index in [4.69, 9.17) is 4.74 Å². The highest BCUT2D eigenvalue weighted by atomic mass is 32.1. The van der Waals surface area contributed by atoms with E-state index >= 15 is 0 Å². The minimum Gasteiger partial charge on any atom is -0.453 e. The van der Waals surface area contributed by atoms with E-state index in [9.17, 15) is 14.4 Å². The van der Waals surface area contributed by atoms with Crippen LogP contribution in [-0.2, 0) is 14.3 Å². The monoisotopic (exact) mass is 395 g/mol. The molecule has 0 aliphatic carbocycles. The van der Waals surface area contributed by atoms with Crippen LogP contribution in [0.15, 0.2) is 54.6 Å². The van der Waals surface area contributed by atoms with Crippen LogP contribution in [0.2, 0.25) is 0 Å². The van der Waals surface area contributed by atoms with Gasteiger partial charge in [0.1, 0.15) is 0 Å².